The third-order valence-corrected chi connectivity index (χ3v) is 8.81. The first kappa shape index (κ1) is 28.8. The molecule has 7 heteroatoms. The van der Waals surface area contributed by atoms with E-state index in [1.807, 2.05) is 51.1 Å². The molecule has 5 rings (SSSR count). The maximum absolute atomic E-state index is 14.0. The van der Waals surface area contributed by atoms with Crippen LogP contribution in [0.15, 0.2) is 77.3 Å². The highest BCUT2D eigenvalue weighted by Gasteiger charge is 2.45. The number of carbonyl (C=O) groups is 1. The third-order valence-electron chi connectivity index (χ3n) is 8.00. The van der Waals surface area contributed by atoms with Crippen LogP contribution in [0.3, 0.4) is 0 Å². The largest absolute Gasteiger partial charge is 0.489 e. The molecule has 3 aromatic rings. The van der Waals surface area contributed by atoms with E-state index in [0.717, 1.165) is 39.3 Å². The average Bonchev–Trinajstić information content (AvgIpc) is 2.90. The Labute approximate surface area is 251 Å². The van der Waals surface area contributed by atoms with Crippen LogP contribution < -0.4 is 15.4 Å². The zero-order chi connectivity index (χ0) is 29.6. The zero-order valence-electron chi connectivity index (χ0n) is 23.9. The highest BCUT2D eigenvalue weighted by Crippen LogP contribution is 2.52. The highest BCUT2D eigenvalue weighted by atomic mass is 35.5. The summed E-state index contributed by atoms with van der Waals surface area (Å²) in [5.74, 6) is 0.428. The van der Waals surface area contributed by atoms with Crippen LogP contribution in [-0.4, -0.2) is 5.78 Å². The van der Waals surface area contributed by atoms with Crippen molar-refractivity contribution in [2.75, 3.05) is 4.90 Å². The number of anilines is 1. The Kier molecular flexibility index (Phi) is 7.68. The standard InChI is InChI=1S/C34H33Cl2N3O2/c1-19-9-11-23(12-10-19)41-18-22-14-24(21(3)13-20(22)2)30-25(17-37)33(38)39(27-8-6-7-26(35)32(27)36)28-15-34(4,5)16-29(40)31(28)30/h6-14,30H,15-16,18,38H2,1-5H3. The van der Waals surface area contributed by atoms with Crippen molar-refractivity contribution in [3.8, 4) is 11.8 Å². The van der Waals surface area contributed by atoms with Gasteiger partial charge in [0.2, 0.25) is 0 Å². The molecule has 0 saturated carbocycles. The fraction of sp³-hybridized carbons (Fsp3) is 0.294. The molecule has 41 heavy (non-hydrogen) atoms. The molecule has 0 spiro atoms. The van der Waals surface area contributed by atoms with E-state index in [9.17, 15) is 10.1 Å². The maximum Gasteiger partial charge on any atom is 0.162 e. The van der Waals surface area contributed by atoms with Gasteiger partial charge in [0.25, 0.3) is 0 Å². The summed E-state index contributed by atoms with van der Waals surface area (Å²) in [7, 11) is 0. The minimum atomic E-state index is -0.605. The number of allylic oxidation sites excluding steroid dienone is 3. The monoisotopic (exact) mass is 585 g/mol. The molecule has 1 heterocycles. The van der Waals surface area contributed by atoms with Crippen molar-refractivity contribution in [2.45, 2.75) is 60.0 Å². The molecule has 5 nitrogen and oxygen atoms in total. The van der Waals surface area contributed by atoms with Gasteiger partial charge in [-0.1, -0.05) is 72.9 Å². The summed E-state index contributed by atoms with van der Waals surface area (Å²) in [5, 5.41) is 11.2. The van der Waals surface area contributed by atoms with Gasteiger partial charge >= 0.3 is 0 Å². The number of ether oxygens (including phenoxy) is 1. The predicted molar refractivity (Wildman–Crippen MR) is 165 cm³/mol. The topological polar surface area (TPSA) is 79.3 Å². The number of aryl methyl sites for hydroxylation is 3. The van der Waals surface area contributed by atoms with E-state index in [1.165, 1.54) is 0 Å². The smallest absolute Gasteiger partial charge is 0.162 e. The number of carbonyl (C=O) groups excluding carboxylic acids is 1. The van der Waals surface area contributed by atoms with E-state index >= 15 is 0 Å². The lowest BCUT2D eigenvalue weighted by atomic mass is 9.68. The van der Waals surface area contributed by atoms with E-state index in [4.69, 9.17) is 33.7 Å². The van der Waals surface area contributed by atoms with Gasteiger partial charge in [0, 0.05) is 17.7 Å². The molecule has 2 N–H and O–H groups in total. The van der Waals surface area contributed by atoms with Crippen LogP contribution in [0.4, 0.5) is 5.69 Å². The Bertz CT molecular complexity index is 1660. The van der Waals surface area contributed by atoms with Crippen molar-refractivity contribution in [1.82, 2.24) is 0 Å². The van der Waals surface area contributed by atoms with Gasteiger partial charge in [-0.25, -0.2) is 0 Å². The van der Waals surface area contributed by atoms with Gasteiger partial charge in [-0.15, -0.1) is 0 Å². The van der Waals surface area contributed by atoms with Gasteiger partial charge in [0.1, 0.15) is 18.2 Å². The van der Waals surface area contributed by atoms with Gasteiger partial charge < -0.3 is 10.5 Å². The van der Waals surface area contributed by atoms with Crippen molar-refractivity contribution in [2.24, 2.45) is 11.1 Å². The average molecular weight is 587 g/mol. The Morgan fingerprint density at radius 3 is 2.44 bits per heavy atom. The van der Waals surface area contributed by atoms with Gasteiger partial charge in [-0.05, 0) is 79.1 Å². The molecule has 1 unspecified atom stereocenters. The summed E-state index contributed by atoms with van der Waals surface area (Å²) >= 11 is 13.1. The van der Waals surface area contributed by atoms with Gasteiger partial charge in [-0.2, -0.15) is 5.26 Å². The van der Waals surface area contributed by atoms with Crippen LogP contribution in [0.1, 0.15) is 60.4 Å². The Morgan fingerprint density at radius 2 is 1.76 bits per heavy atom. The molecule has 0 radical (unpaired) electrons. The zero-order valence-corrected chi connectivity index (χ0v) is 25.5. The molecule has 1 aliphatic carbocycles. The normalized spacial score (nSPS) is 18.3. The number of nitriles is 1. The van der Waals surface area contributed by atoms with Crippen LogP contribution in [0.25, 0.3) is 0 Å². The van der Waals surface area contributed by atoms with Crippen LogP contribution in [-0.2, 0) is 11.4 Å². The van der Waals surface area contributed by atoms with E-state index in [0.29, 0.717) is 46.3 Å². The summed E-state index contributed by atoms with van der Waals surface area (Å²) in [5.41, 5.74) is 13.8. The second-order valence-corrected chi connectivity index (χ2v) is 12.6. The van der Waals surface area contributed by atoms with Crippen molar-refractivity contribution in [1.29, 1.82) is 5.26 Å². The second-order valence-electron chi connectivity index (χ2n) is 11.8. The number of rotatable bonds is 5. The minimum absolute atomic E-state index is 0.00193. The van der Waals surface area contributed by atoms with Gasteiger partial charge in [0.05, 0.1) is 33.3 Å². The molecule has 210 valence electrons. The fourth-order valence-corrected chi connectivity index (χ4v) is 6.32. The molecule has 2 aliphatic rings. The molecule has 1 atom stereocenters. The lowest BCUT2D eigenvalue weighted by Gasteiger charge is -2.44. The van der Waals surface area contributed by atoms with Crippen LogP contribution in [0.2, 0.25) is 10.0 Å². The summed E-state index contributed by atoms with van der Waals surface area (Å²) in [6, 6.07) is 19.7. The quantitative estimate of drug-likeness (QED) is 0.325. The molecule has 1 aliphatic heterocycles. The van der Waals surface area contributed by atoms with E-state index in [1.54, 1.807) is 17.0 Å². The van der Waals surface area contributed by atoms with Crippen molar-refractivity contribution < 1.29 is 9.53 Å². The molecule has 0 aromatic heterocycles. The minimum Gasteiger partial charge on any atom is -0.489 e. The van der Waals surface area contributed by atoms with Crippen LogP contribution in [0.5, 0.6) is 5.75 Å². The van der Waals surface area contributed by atoms with Gasteiger partial charge in [-0.3, -0.25) is 9.69 Å². The first-order valence-electron chi connectivity index (χ1n) is 13.6. The first-order chi connectivity index (χ1) is 19.4. The lowest BCUT2D eigenvalue weighted by molar-refractivity contribution is -0.118. The SMILES string of the molecule is Cc1ccc(OCc2cc(C3C(C#N)=C(N)N(c4cccc(Cl)c4Cl)C4=C3C(=O)CC(C)(C)C4)c(C)cc2C)cc1. The highest BCUT2D eigenvalue weighted by molar-refractivity contribution is 6.43. The molecule has 3 aromatic carbocycles. The van der Waals surface area contributed by atoms with Crippen molar-refractivity contribution >= 4 is 34.7 Å². The first-order valence-corrected chi connectivity index (χ1v) is 14.4. The third kappa shape index (κ3) is 5.35. The Hall–Kier alpha value is -3.72. The molecule has 0 amide bonds. The van der Waals surface area contributed by atoms with Gasteiger partial charge in [0.15, 0.2) is 5.78 Å². The number of halogens is 2. The number of Topliss-reactive ketones (excluding diaryl/α,β-unsaturated/α-hetero) is 1. The molecule has 0 bridgehead atoms. The molecular formula is C34H33Cl2N3O2. The second kappa shape index (κ2) is 10.9. The summed E-state index contributed by atoms with van der Waals surface area (Å²) in [4.78, 5) is 15.8. The maximum atomic E-state index is 14.0. The number of benzene rings is 3. The lowest BCUT2D eigenvalue weighted by Crippen LogP contribution is -2.42. The van der Waals surface area contributed by atoms with E-state index in [2.05, 4.69) is 32.0 Å². The fourth-order valence-electron chi connectivity index (χ4n) is 5.94. The summed E-state index contributed by atoms with van der Waals surface area (Å²) < 4.78 is 6.12. The number of ketones is 1. The number of nitrogens with two attached hydrogens (primary N) is 1. The number of hydrogen-bond donors (Lipinski definition) is 1. The Balaban J connectivity index is 1.68. The molecule has 0 saturated heterocycles. The van der Waals surface area contributed by atoms with E-state index in [-0.39, 0.29) is 17.0 Å². The number of hydrogen-bond acceptors (Lipinski definition) is 5. The number of nitrogens with zero attached hydrogens (tertiary/aromatic N) is 2. The summed E-state index contributed by atoms with van der Waals surface area (Å²) in [6.07, 6.45) is 0.952. The Morgan fingerprint density at radius 1 is 1.05 bits per heavy atom. The summed E-state index contributed by atoms with van der Waals surface area (Å²) in [6.45, 7) is 10.6. The van der Waals surface area contributed by atoms with Crippen molar-refractivity contribution in [3.05, 3.63) is 115 Å². The van der Waals surface area contributed by atoms with Crippen LogP contribution >= 0.6 is 23.2 Å². The molecule has 0 fully saturated rings. The predicted octanol–water partition coefficient (Wildman–Crippen LogP) is 8.44. The van der Waals surface area contributed by atoms with Crippen molar-refractivity contribution in [3.63, 3.8) is 0 Å². The molecular weight excluding hydrogens is 553 g/mol. The van der Waals surface area contributed by atoms with Crippen LogP contribution in [0, 0.1) is 37.5 Å². The van der Waals surface area contributed by atoms with E-state index < -0.39 is 5.92 Å².